The van der Waals surface area contributed by atoms with E-state index in [1.165, 1.54) is 6.07 Å². The molecule has 1 aromatic carbocycles. The number of H-pyrrole nitrogens is 1. The number of pyridine rings is 2. The van der Waals surface area contributed by atoms with E-state index in [0.29, 0.717) is 5.65 Å². The van der Waals surface area contributed by atoms with Crippen LogP contribution in [0, 0.1) is 0 Å². The van der Waals surface area contributed by atoms with Gasteiger partial charge in [0.25, 0.3) is 0 Å². The number of aromatic amines is 1. The van der Waals surface area contributed by atoms with Crippen LogP contribution in [0.3, 0.4) is 0 Å². The fraction of sp³-hybridized carbons (Fsp3) is 0.176. The lowest BCUT2D eigenvalue weighted by molar-refractivity contribution is 0.554. The molecule has 0 spiro atoms. The highest BCUT2D eigenvalue weighted by atomic mass is 35.5. The first-order valence-electron chi connectivity index (χ1n) is 6.83. The summed E-state index contributed by atoms with van der Waals surface area (Å²) in [6.45, 7) is 3.96. The van der Waals surface area contributed by atoms with Crippen LogP contribution >= 0.6 is 12.4 Å². The molecule has 0 aliphatic heterocycles. The molecule has 3 aromatic rings. The minimum atomic E-state index is -0.357. The molecule has 4 nitrogen and oxygen atoms in total. The smallest absolute Gasteiger partial charge is 0.249 e. The largest absolute Gasteiger partial charge is 0.322 e. The van der Waals surface area contributed by atoms with Gasteiger partial charge in [0.15, 0.2) is 0 Å². The topological polar surface area (TPSA) is 71.8 Å². The Morgan fingerprint density at radius 2 is 1.73 bits per heavy atom. The Hall–Kier alpha value is -2.17. The summed E-state index contributed by atoms with van der Waals surface area (Å²) in [4.78, 5) is 18.3. The first-order valence-corrected chi connectivity index (χ1v) is 6.83. The van der Waals surface area contributed by atoms with E-state index in [0.717, 1.165) is 22.1 Å². The molecule has 0 saturated carbocycles. The third-order valence-electron chi connectivity index (χ3n) is 3.57. The summed E-state index contributed by atoms with van der Waals surface area (Å²) in [5.41, 5.74) is 9.39. The van der Waals surface area contributed by atoms with Crippen molar-refractivity contribution in [2.24, 2.45) is 5.73 Å². The molecule has 0 fully saturated rings. The van der Waals surface area contributed by atoms with Gasteiger partial charge >= 0.3 is 0 Å². The van der Waals surface area contributed by atoms with Crippen molar-refractivity contribution >= 4 is 23.4 Å². The number of hydrogen-bond donors (Lipinski definition) is 2. The van der Waals surface area contributed by atoms with E-state index in [9.17, 15) is 4.79 Å². The van der Waals surface area contributed by atoms with Gasteiger partial charge in [-0.15, -0.1) is 12.4 Å². The average Bonchev–Trinajstić information content (AvgIpc) is 2.45. The van der Waals surface area contributed by atoms with Crippen molar-refractivity contribution in [3.63, 3.8) is 0 Å². The van der Waals surface area contributed by atoms with E-state index in [4.69, 9.17) is 5.73 Å². The summed E-state index contributed by atoms with van der Waals surface area (Å²) in [6.07, 6.45) is 1.70. The third kappa shape index (κ3) is 3.03. The summed E-state index contributed by atoms with van der Waals surface area (Å²) in [6, 6.07) is 13.4. The lowest BCUT2D eigenvalue weighted by Crippen LogP contribution is -2.28. The number of rotatable bonds is 2. The molecule has 0 aliphatic carbocycles. The molecule has 3 rings (SSSR count). The molecule has 0 atom stereocenters. The van der Waals surface area contributed by atoms with E-state index < -0.39 is 0 Å². The van der Waals surface area contributed by atoms with Crippen LogP contribution in [0.2, 0.25) is 0 Å². The van der Waals surface area contributed by atoms with Gasteiger partial charge in [0, 0.05) is 23.2 Å². The highest BCUT2D eigenvalue weighted by Crippen LogP contribution is 2.27. The fourth-order valence-corrected chi connectivity index (χ4v) is 2.39. The number of nitrogens with zero attached hydrogens (tertiary/aromatic N) is 1. The molecule has 0 amide bonds. The lowest BCUT2D eigenvalue weighted by Gasteiger charge is -2.19. The van der Waals surface area contributed by atoms with Crippen molar-refractivity contribution < 1.29 is 0 Å². The van der Waals surface area contributed by atoms with Crippen molar-refractivity contribution in [3.8, 4) is 11.1 Å². The molecule has 114 valence electrons. The average molecular weight is 316 g/mol. The number of benzene rings is 1. The Bertz CT molecular complexity index is 848. The summed E-state index contributed by atoms with van der Waals surface area (Å²) >= 11 is 0. The molecule has 0 unspecified atom stereocenters. The number of halogens is 1. The van der Waals surface area contributed by atoms with E-state index >= 15 is 0 Å². The summed E-state index contributed by atoms with van der Waals surface area (Å²) in [5.74, 6) is 0. The number of fused-ring (bicyclic) bond motifs is 1. The van der Waals surface area contributed by atoms with Gasteiger partial charge in [0.1, 0.15) is 5.65 Å². The van der Waals surface area contributed by atoms with Crippen LogP contribution < -0.4 is 11.3 Å². The van der Waals surface area contributed by atoms with Gasteiger partial charge < -0.3 is 10.7 Å². The van der Waals surface area contributed by atoms with Gasteiger partial charge in [0.05, 0.1) is 0 Å². The van der Waals surface area contributed by atoms with Crippen molar-refractivity contribution in [2.45, 2.75) is 19.4 Å². The molecule has 0 aliphatic rings. The van der Waals surface area contributed by atoms with Crippen LogP contribution in [0.4, 0.5) is 0 Å². The second-order valence-corrected chi connectivity index (χ2v) is 5.74. The quantitative estimate of drug-likeness (QED) is 0.762. The van der Waals surface area contributed by atoms with Gasteiger partial charge in [0.2, 0.25) is 5.56 Å². The van der Waals surface area contributed by atoms with E-state index in [2.05, 4.69) is 9.97 Å². The van der Waals surface area contributed by atoms with Crippen LogP contribution in [-0.4, -0.2) is 9.97 Å². The maximum absolute atomic E-state index is 11.4. The molecule has 0 radical (unpaired) electrons. The highest BCUT2D eigenvalue weighted by molar-refractivity contribution is 5.92. The maximum Gasteiger partial charge on any atom is 0.249 e. The summed E-state index contributed by atoms with van der Waals surface area (Å²) in [5, 5.41) is 0.928. The Labute approximate surface area is 134 Å². The van der Waals surface area contributed by atoms with E-state index in [-0.39, 0.29) is 23.5 Å². The molecule has 0 saturated heterocycles. The molecular formula is C17H18ClN3O. The molecule has 0 bridgehead atoms. The van der Waals surface area contributed by atoms with Gasteiger partial charge in [-0.05, 0) is 42.7 Å². The lowest BCUT2D eigenvalue weighted by atomic mass is 9.93. The standard InChI is InChI=1S/C17H17N3O.ClH/c1-17(2,18)12-5-3-11(4-6-12)13-9-10-19-16-14(13)7-8-15(21)20-16;/h3-10H,18H2,1-2H3,(H,19,20,21);1H. The maximum atomic E-state index is 11.4. The van der Waals surface area contributed by atoms with Gasteiger partial charge in [-0.2, -0.15) is 0 Å². The van der Waals surface area contributed by atoms with Crippen molar-refractivity contribution in [3.05, 3.63) is 64.6 Å². The molecule has 2 heterocycles. The highest BCUT2D eigenvalue weighted by Gasteiger charge is 2.14. The molecular weight excluding hydrogens is 298 g/mol. The Morgan fingerprint density at radius 1 is 1.05 bits per heavy atom. The zero-order chi connectivity index (χ0) is 15.0. The zero-order valence-corrected chi connectivity index (χ0v) is 13.3. The van der Waals surface area contributed by atoms with Crippen LogP contribution in [0.5, 0.6) is 0 Å². The predicted octanol–water partition coefficient (Wildman–Crippen LogP) is 3.21. The molecule has 2 aromatic heterocycles. The minimum absolute atomic E-state index is 0. The summed E-state index contributed by atoms with van der Waals surface area (Å²) in [7, 11) is 0. The first kappa shape index (κ1) is 16.2. The van der Waals surface area contributed by atoms with Crippen molar-refractivity contribution in [1.29, 1.82) is 0 Å². The van der Waals surface area contributed by atoms with Crippen LogP contribution in [0.25, 0.3) is 22.2 Å². The number of aromatic nitrogens is 2. The number of nitrogens with two attached hydrogens (primary N) is 1. The normalized spacial score (nSPS) is 11.2. The fourth-order valence-electron chi connectivity index (χ4n) is 2.39. The van der Waals surface area contributed by atoms with Crippen molar-refractivity contribution in [2.75, 3.05) is 0 Å². The Balaban J connectivity index is 0.00000176. The monoisotopic (exact) mass is 315 g/mol. The van der Waals surface area contributed by atoms with E-state index in [1.54, 1.807) is 12.3 Å². The van der Waals surface area contributed by atoms with Crippen LogP contribution in [-0.2, 0) is 5.54 Å². The molecule has 3 N–H and O–H groups in total. The van der Waals surface area contributed by atoms with Crippen LogP contribution in [0.15, 0.2) is 53.5 Å². The second-order valence-electron chi connectivity index (χ2n) is 5.74. The summed E-state index contributed by atoms with van der Waals surface area (Å²) < 4.78 is 0. The van der Waals surface area contributed by atoms with Crippen LogP contribution in [0.1, 0.15) is 19.4 Å². The SMILES string of the molecule is CC(C)(N)c1ccc(-c2ccnc3[nH]c(=O)ccc23)cc1.Cl. The third-order valence-corrected chi connectivity index (χ3v) is 3.57. The molecule has 22 heavy (non-hydrogen) atoms. The van der Waals surface area contributed by atoms with E-state index in [1.807, 2.05) is 44.2 Å². The first-order chi connectivity index (χ1) is 9.95. The predicted molar refractivity (Wildman–Crippen MR) is 92.3 cm³/mol. The van der Waals surface area contributed by atoms with Gasteiger partial charge in [-0.1, -0.05) is 24.3 Å². The zero-order valence-electron chi connectivity index (χ0n) is 12.5. The Kier molecular flexibility index (Phi) is 4.35. The number of nitrogens with one attached hydrogen (secondary N) is 1. The second kappa shape index (κ2) is 5.91. The Morgan fingerprint density at radius 3 is 2.36 bits per heavy atom. The van der Waals surface area contributed by atoms with Gasteiger partial charge in [-0.3, -0.25) is 4.79 Å². The van der Waals surface area contributed by atoms with Crippen molar-refractivity contribution in [1.82, 2.24) is 9.97 Å². The number of hydrogen-bond acceptors (Lipinski definition) is 3. The molecule has 5 heteroatoms. The minimum Gasteiger partial charge on any atom is -0.322 e. The van der Waals surface area contributed by atoms with Gasteiger partial charge in [-0.25, -0.2) is 4.98 Å².